The number of ether oxygens (including phenoxy) is 2. The fourth-order valence-electron chi connectivity index (χ4n) is 2.50. The van der Waals surface area contributed by atoms with Crippen LogP contribution in [0.3, 0.4) is 0 Å². The van der Waals surface area contributed by atoms with E-state index in [1.807, 2.05) is 6.92 Å². The highest BCUT2D eigenvalue weighted by atomic mass is 16.6. The monoisotopic (exact) mass is 225 g/mol. The largest absolute Gasteiger partial charge is 0.458 e. The SMILES string of the molecule is C=C(N)C(=O)OC1C2CC(=O)OC1C(C)C2. The molecule has 2 aliphatic rings. The maximum Gasteiger partial charge on any atom is 0.353 e. The van der Waals surface area contributed by atoms with Gasteiger partial charge in [0.1, 0.15) is 17.9 Å². The fourth-order valence-corrected chi connectivity index (χ4v) is 2.50. The number of carbonyl (C=O) groups is 2. The van der Waals surface area contributed by atoms with Crippen LogP contribution in [-0.4, -0.2) is 24.1 Å². The first-order valence-electron chi connectivity index (χ1n) is 5.34. The van der Waals surface area contributed by atoms with Gasteiger partial charge in [0.25, 0.3) is 0 Å². The number of fused-ring (bicyclic) bond motifs is 2. The van der Waals surface area contributed by atoms with Crippen LogP contribution in [0, 0.1) is 11.8 Å². The second kappa shape index (κ2) is 3.81. The summed E-state index contributed by atoms with van der Waals surface area (Å²) in [7, 11) is 0. The lowest BCUT2D eigenvalue weighted by atomic mass is 9.99. The first kappa shape index (κ1) is 11.0. The summed E-state index contributed by atoms with van der Waals surface area (Å²) in [6, 6.07) is 0. The summed E-state index contributed by atoms with van der Waals surface area (Å²) in [4.78, 5) is 22.6. The number of carbonyl (C=O) groups excluding carboxylic acids is 2. The Bertz CT molecular complexity index is 352. The summed E-state index contributed by atoms with van der Waals surface area (Å²) in [5.74, 6) is -0.546. The second-order valence-corrected chi connectivity index (χ2v) is 4.53. The Morgan fingerprint density at radius 1 is 1.62 bits per heavy atom. The summed E-state index contributed by atoms with van der Waals surface area (Å²) >= 11 is 0. The smallest absolute Gasteiger partial charge is 0.353 e. The zero-order valence-corrected chi connectivity index (χ0v) is 9.14. The van der Waals surface area contributed by atoms with Gasteiger partial charge in [0.05, 0.1) is 6.42 Å². The molecule has 88 valence electrons. The first-order valence-corrected chi connectivity index (χ1v) is 5.34. The number of esters is 2. The normalized spacial score (nSPS) is 36.7. The van der Waals surface area contributed by atoms with Gasteiger partial charge in [-0.25, -0.2) is 4.79 Å². The summed E-state index contributed by atoms with van der Waals surface area (Å²) < 4.78 is 10.4. The van der Waals surface area contributed by atoms with Crippen molar-refractivity contribution in [2.45, 2.75) is 32.0 Å². The highest BCUT2D eigenvalue weighted by Gasteiger charge is 2.50. The number of rotatable bonds is 2. The van der Waals surface area contributed by atoms with Gasteiger partial charge in [-0.05, 0) is 12.3 Å². The quantitative estimate of drug-likeness (QED) is 0.541. The van der Waals surface area contributed by atoms with E-state index in [9.17, 15) is 9.59 Å². The molecule has 1 aliphatic heterocycles. The van der Waals surface area contributed by atoms with Crippen molar-refractivity contribution in [3.8, 4) is 0 Å². The highest BCUT2D eigenvalue weighted by molar-refractivity contribution is 5.86. The van der Waals surface area contributed by atoms with Crippen LogP contribution in [0.25, 0.3) is 0 Å². The molecule has 0 aromatic carbocycles. The third-order valence-corrected chi connectivity index (χ3v) is 3.23. The van der Waals surface area contributed by atoms with Crippen molar-refractivity contribution < 1.29 is 19.1 Å². The molecule has 0 aromatic heterocycles. The van der Waals surface area contributed by atoms with Crippen molar-refractivity contribution in [2.24, 2.45) is 17.6 Å². The van der Waals surface area contributed by atoms with Gasteiger partial charge in [-0.15, -0.1) is 0 Å². The van der Waals surface area contributed by atoms with Crippen LogP contribution >= 0.6 is 0 Å². The first-order chi connectivity index (χ1) is 7.49. The Labute approximate surface area is 93.6 Å². The third kappa shape index (κ3) is 1.77. The summed E-state index contributed by atoms with van der Waals surface area (Å²) in [6.07, 6.45) is 0.469. The van der Waals surface area contributed by atoms with Gasteiger partial charge < -0.3 is 15.2 Å². The van der Waals surface area contributed by atoms with E-state index in [1.165, 1.54) is 0 Å². The van der Waals surface area contributed by atoms with E-state index in [1.54, 1.807) is 0 Å². The summed E-state index contributed by atoms with van der Waals surface area (Å²) in [6.45, 7) is 5.31. The molecule has 1 saturated heterocycles. The molecule has 1 heterocycles. The second-order valence-electron chi connectivity index (χ2n) is 4.53. The summed E-state index contributed by atoms with van der Waals surface area (Å²) in [5, 5.41) is 0. The Morgan fingerprint density at radius 3 is 2.88 bits per heavy atom. The van der Waals surface area contributed by atoms with E-state index in [4.69, 9.17) is 15.2 Å². The van der Waals surface area contributed by atoms with E-state index in [0.717, 1.165) is 6.42 Å². The number of hydrogen-bond acceptors (Lipinski definition) is 5. The Morgan fingerprint density at radius 2 is 2.31 bits per heavy atom. The molecular formula is C11H15NO4. The molecule has 5 nitrogen and oxygen atoms in total. The van der Waals surface area contributed by atoms with Gasteiger partial charge in [-0.2, -0.15) is 0 Å². The van der Waals surface area contributed by atoms with E-state index in [2.05, 4.69) is 6.58 Å². The Kier molecular flexibility index (Phi) is 2.61. The van der Waals surface area contributed by atoms with Crippen LogP contribution in [0.2, 0.25) is 0 Å². The van der Waals surface area contributed by atoms with Gasteiger partial charge in [-0.1, -0.05) is 13.5 Å². The van der Waals surface area contributed by atoms with Crippen molar-refractivity contribution in [1.29, 1.82) is 0 Å². The number of hydrogen-bond donors (Lipinski definition) is 1. The molecular weight excluding hydrogens is 210 g/mol. The van der Waals surface area contributed by atoms with Crippen LogP contribution < -0.4 is 5.73 Å². The molecule has 0 spiro atoms. The standard InChI is InChI=1S/C11H15NO4/c1-5-3-7-4-8(13)15-9(5)10(7)16-11(14)6(2)12/h5,7,9-10H,2-4,12H2,1H3. The minimum absolute atomic E-state index is 0.0598. The van der Waals surface area contributed by atoms with E-state index < -0.39 is 5.97 Å². The Balaban J connectivity index is 2.09. The molecule has 2 bridgehead atoms. The van der Waals surface area contributed by atoms with Crippen molar-refractivity contribution >= 4 is 11.9 Å². The molecule has 5 heteroatoms. The lowest BCUT2D eigenvalue weighted by molar-refractivity contribution is -0.177. The molecule has 4 unspecified atom stereocenters. The van der Waals surface area contributed by atoms with E-state index in [0.29, 0.717) is 6.42 Å². The topological polar surface area (TPSA) is 78.6 Å². The van der Waals surface area contributed by atoms with Crippen LogP contribution in [0.15, 0.2) is 12.3 Å². The lowest BCUT2D eigenvalue weighted by Gasteiger charge is -2.29. The van der Waals surface area contributed by atoms with Crippen LogP contribution in [0.5, 0.6) is 0 Å². The van der Waals surface area contributed by atoms with Crippen molar-refractivity contribution in [1.82, 2.24) is 0 Å². The van der Waals surface area contributed by atoms with Crippen molar-refractivity contribution in [3.63, 3.8) is 0 Å². The van der Waals surface area contributed by atoms with Crippen LogP contribution in [0.1, 0.15) is 19.8 Å². The lowest BCUT2D eigenvalue weighted by Crippen LogP contribution is -2.42. The highest BCUT2D eigenvalue weighted by Crippen LogP contribution is 2.41. The van der Waals surface area contributed by atoms with Gasteiger partial charge >= 0.3 is 11.9 Å². The van der Waals surface area contributed by atoms with Crippen LogP contribution in [-0.2, 0) is 19.1 Å². The molecule has 1 saturated carbocycles. The molecule has 2 rings (SSSR count). The van der Waals surface area contributed by atoms with Crippen molar-refractivity contribution in [3.05, 3.63) is 12.3 Å². The maximum absolute atomic E-state index is 11.3. The molecule has 0 aromatic rings. The maximum atomic E-state index is 11.3. The van der Waals surface area contributed by atoms with E-state index in [-0.39, 0.29) is 35.7 Å². The van der Waals surface area contributed by atoms with Crippen molar-refractivity contribution in [2.75, 3.05) is 0 Å². The third-order valence-electron chi connectivity index (χ3n) is 3.23. The number of nitrogens with two attached hydrogens (primary N) is 1. The average Bonchev–Trinajstić information content (AvgIpc) is 2.38. The van der Waals surface area contributed by atoms with Gasteiger partial charge in [0.2, 0.25) is 0 Å². The average molecular weight is 225 g/mol. The molecule has 1 aliphatic carbocycles. The zero-order chi connectivity index (χ0) is 11.9. The zero-order valence-electron chi connectivity index (χ0n) is 9.14. The van der Waals surface area contributed by atoms with Gasteiger partial charge in [-0.3, -0.25) is 4.79 Å². The predicted molar refractivity (Wildman–Crippen MR) is 55.0 cm³/mol. The Hall–Kier alpha value is -1.52. The van der Waals surface area contributed by atoms with Crippen LogP contribution in [0.4, 0.5) is 0 Å². The minimum Gasteiger partial charge on any atom is -0.458 e. The molecule has 2 N–H and O–H groups in total. The molecule has 16 heavy (non-hydrogen) atoms. The minimum atomic E-state index is -0.618. The van der Waals surface area contributed by atoms with Gasteiger partial charge in [0, 0.05) is 5.92 Å². The molecule has 4 atom stereocenters. The molecule has 2 fully saturated rings. The molecule has 0 amide bonds. The van der Waals surface area contributed by atoms with Gasteiger partial charge in [0.15, 0.2) is 0 Å². The van der Waals surface area contributed by atoms with E-state index >= 15 is 0 Å². The predicted octanol–water partition coefficient (Wildman–Crippen LogP) is 0.342. The fraction of sp³-hybridized carbons (Fsp3) is 0.636. The summed E-state index contributed by atoms with van der Waals surface area (Å²) in [5.41, 5.74) is 5.13. The molecule has 0 radical (unpaired) electrons.